The number of aromatic carboxylic acids is 1. The number of carbonyl (C=O) groups excluding carboxylic acids is 1. The van der Waals surface area contributed by atoms with Gasteiger partial charge in [0.25, 0.3) is 0 Å². The van der Waals surface area contributed by atoms with Gasteiger partial charge in [-0.3, -0.25) is 0 Å². The Labute approximate surface area is 236 Å². The number of likely N-dealkylation sites (tertiary alicyclic amines) is 1. The number of amides is 1. The van der Waals surface area contributed by atoms with Crippen LogP contribution in [0.5, 0.6) is 0 Å². The first kappa shape index (κ1) is 28.3. The molecule has 0 spiro atoms. The maximum atomic E-state index is 13.2. The van der Waals surface area contributed by atoms with E-state index in [1.165, 1.54) is 24.2 Å². The van der Waals surface area contributed by atoms with Gasteiger partial charge in [0.2, 0.25) is 0 Å². The van der Waals surface area contributed by atoms with Gasteiger partial charge >= 0.3 is 12.1 Å². The highest BCUT2D eigenvalue weighted by atomic mass is 32.1. The molecule has 4 unspecified atom stereocenters. The van der Waals surface area contributed by atoms with Crippen molar-refractivity contribution in [2.45, 2.75) is 84.7 Å². The average Bonchev–Trinajstić information content (AvgIpc) is 3.67. The molecule has 1 aromatic heterocycles. The summed E-state index contributed by atoms with van der Waals surface area (Å²) in [6.45, 7) is 11.4. The summed E-state index contributed by atoms with van der Waals surface area (Å²) in [5, 5.41) is 10.1. The van der Waals surface area contributed by atoms with Crippen LogP contribution in [0.25, 0.3) is 0 Å². The molecule has 8 nitrogen and oxygen atoms in total. The van der Waals surface area contributed by atoms with Crippen molar-refractivity contribution < 1.29 is 28.9 Å². The number of carbonyl (C=O) groups is 2. The molecule has 0 aromatic carbocycles. The molecule has 3 saturated heterocycles. The van der Waals surface area contributed by atoms with Crippen LogP contribution in [0.3, 0.4) is 0 Å². The Kier molecular flexibility index (Phi) is 8.46. The SMILES string of the molecule is CC1CCC(CN(c2cc(C#CC(C)(C)C)sc2C(=O)O)C2CCN(C(=O)OC3COC4OCCC34)C2)CC1. The Hall–Kier alpha value is -2.28. The average molecular weight is 559 g/mol. The number of carboxylic acid groups (broad SMARTS) is 1. The summed E-state index contributed by atoms with van der Waals surface area (Å²) in [4.78, 5) is 30.7. The fraction of sp³-hybridized carbons (Fsp3) is 0.733. The number of ether oxygens (including phenoxy) is 3. The third-order valence-corrected chi connectivity index (χ3v) is 9.49. The van der Waals surface area contributed by atoms with Crippen molar-refractivity contribution in [3.05, 3.63) is 15.8 Å². The standard InChI is InChI=1S/C30H42N2O6S/c1-19-5-7-20(8-6-19)16-32(24-15-22(9-12-30(2,3)4)39-26(24)27(33)34)21-10-13-31(17-21)29(35)38-25-18-37-28-23(25)11-14-36-28/h15,19-21,23,25,28H,5-8,10-11,13-14,16-18H2,1-4H3,(H,33,34). The van der Waals surface area contributed by atoms with E-state index < -0.39 is 5.97 Å². The zero-order valence-corrected chi connectivity index (χ0v) is 24.4. The van der Waals surface area contributed by atoms with E-state index in [1.54, 1.807) is 4.90 Å². The zero-order valence-electron chi connectivity index (χ0n) is 23.6. The molecule has 4 heterocycles. The van der Waals surface area contributed by atoms with Crippen molar-refractivity contribution >= 4 is 29.1 Å². The molecular weight excluding hydrogens is 516 g/mol. The molecule has 1 N–H and O–H groups in total. The van der Waals surface area contributed by atoms with Crippen LogP contribution < -0.4 is 4.90 Å². The number of hydrogen-bond acceptors (Lipinski definition) is 7. The summed E-state index contributed by atoms with van der Waals surface area (Å²) in [7, 11) is 0. The van der Waals surface area contributed by atoms with Gasteiger partial charge < -0.3 is 29.1 Å². The van der Waals surface area contributed by atoms with Crippen LogP contribution >= 0.6 is 11.3 Å². The second-order valence-electron chi connectivity index (χ2n) is 12.7. The first-order chi connectivity index (χ1) is 18.6. The number of thiophene rings is 1. The zero-order chi connectivity index (χ0) is 27.7. The number of hydrogen-bond donors (Lipinski definition) is 1. The van der Waals surface area contributed by atoms with Crippen molar-refractivity contribution in [2.24, 2.45) is 23.2 Å². The second kappa shape index (κ2) is 11.7. The van der Waals surface area contributed by atoms with E-state index in [9.17, 15) is 14.7 Å². The number of rotatable bonds is 6. The van der Waals surface area contributed by atoms with Gasteiger partial charge in [0, 0.05) is 31.1 Å². The molecule has 4 aliphatic rings. The van der Waals surface area contributed by atoms with Crippen LogP contribution in [0.2, 0.25) is 0 Å². The normalized spacial score (nSPS) is 30.5. The van der Waals surface area contributed by atoms with Gasteiger partial charge in [0.1, 0.15) is 11.0 Å². The minimum absolute atomic E-state index is 0.0235. The molecule has 39 heavy (non-hydrogen) atoms. The van der Waals surface area contributed by atoms with Crippen LogP contribution in [0.15, 0.2) is 6.07 Å². The van der Waals surface area contributed by atoms with Crippen LogP contribution in [0.1, 0.15) is 80.8 Å². The van der Waals surface area contributed by atoms with Crippen molar-refractivity contribution in [3.8, 4) is 11.8 Å². The number of fused-ring (bicyclic) bond motifs is 1. The first-order valence-corrected chi connectivity index (χ1v) is 15.2. The van der Waals surface area contributed by atoms with Gasteiger partial charge in [0.15, 0.2) is 6.29 Å². The Morgan fingerprint density at radius 2 is 1.95 bits per heavy atom. The monoisotopic (exact) mass is 558 g/mol. The molecule has 214 valence electrons. The quantitative estimate of drug-likeness (QED) is 0.465. The fourth-order valence-corrected chi connectivity index (χ4v) is 7.07. The molecule has 3 aliphatic heterocycles. The minimum Gasteiger partial charge on any atom is -0.477 e. The van der Waals surface area contributed by atoms with Gasteiger partial charge in [-0.2, -0.15) is 0 Å². The summed E-state index contributed by atoms with van der Waals surface area (Å²) < 4.78 is 17.1. The van der Waals surface area contributed by atoms with Gasteiger partial charge in [-0.15, -0.1) is 11.3 Å². The molecule has 4 fully saturated rings. The molecule has 1 amide bonds. The van der Waals surface area contributed by atoms with E-state index in [1.807, 2.05) is 26.8 Å². The summed E-state index contributed by atoms with van der Waals surface area (Å²) in [6.07, 6.45) is 5.46. The lowest BCUT2D eigenvalue weighted by Gasteiger charge is -2.36. The van der Waals surface area contributed by atoms with Gasteiger partial charge in [-0.1, -0.05) is 31.6 Å². The van der Waals surface area contributed by atoms with Crippen molar-refractivity contribution in [3.63, 3.8) is 0 Å². The van der Waals surface area contributed by atoms with Gasteiger partial charge in [0.05, 0.1) is 29.7 Å². The smallest absolute Gasteiger partial charge is 0.410 e. The van der Waals surface area contributed by atoms with Crippen LogP contribution in [-0.4, -0.2) is 73.4 Å². The summed E-state index contributed by atoms with van der Waals surface area (Å²) in [5.41, 5.74) is 0.563. The predicted octanol–water partition coefficient (Wildman–Crippen LogP) is 5.45. The number of nitrogens with zero attached hydrogens (tertiary/aromatic N) is 2. The van der Waals surface area contributed by atoms with Crippen LogP contribution in [-0.2, 0) is 14.2 Å². The molecule has 0 radical (unpaired) electrons. The highest BCUT2D eigenvalue weighted by molar-refractivity contribution is 7.15. The van der Waals surface area contributed by atoms with Crippen LogP contribution in [0.4, 0.5) is 10.5 Å². The second-order valence-corrected chi connectivity index (χ2v) is 13.8. The summed E-state index contributed by atoms with van der Waals surface area (Å²) in [6, 6.07) is 1.98. The Balaban J connectivity index is 1.35. The van der Waals surface area contributed by atoms with Crippen molar-refractivity contribution in [1.29, 1.82) is 0 Å². The Bertz CT molecular complexity index is 1110. The van der Waals surface area contributed by atoms with E-state index >= 15 is 0 Å². The molecule has 4 atom stereocenters. The third-order valence-electron chi connectivity index (χ3n) is 8.47. The lowest BCUT2D eigenvalue weighted by atomic mass is 9.82. The molecule has 1 saturated carbocycles. The molecule has 1 aliphatic carbocycles. The molecular formula is C30H42N2O6S. The third kappa shape index (κ3) is 6.72. The van der Waals surface area contributed by atoms with Crippen molar-refractivity contribution in [1.82, 2.24) is 4.90 Å². The van der Waals surface area contributed by atoms with Gasteiger partial charge in [-0.05, 0) is 64.4 Å². The topological polar surface area (TPSA) is 88.5 Å². The van der Waals surface area contributed by atoms with E-state index in [2.05, 4.69) is 23.7 Å². The summed E-state index contributed by atoms with van der Waals surface area (Å²) in [5.74, 6) is 6.88. The van der Waals surface area contributed by atoms with E-state index in [0.29, 0.717) is 37.1 Å². The highest BCUT2D eigenvalue weighted by Crippen LogP contribution is 2.38. The lowest BCUT2D eigenvalue weighted by molar-refractivity contribution is -0.0907. The van der Waals surface area contributed by atoms with E-state index in [-0.39, 0.29) is 35.9 Å². The fourth-order valence-electron chi connectivity index (χ4n) is 6.21. The summed E-state index contributed by atoms with van der Waals surface area (Å²) >= 11 is 1.25. The highest BCUT2D eigenvalue weighted by Gasteiger charge is 2.45. The molecule has 5 rings (SSSR count). The van der Waals surface area contributed by atoms with E-state index in [0.717, 1.165) is 48.7 Å². The predicted molar refractivity (Wildman–Crippen MR) is 150 cm³/mol. The Morgan fingerprint density at radius 1 is 1.18 bits per heavy atom. The maximum Gasteiger partial charge on any atom is 0.410 e. The molecule has 9 heteroatoms. The Morgan fingerprint density at radius 3 is 2.67 bits per heavy atom. The lowest BCUT2D eigenvalue weighted by Crippen LogP contribution is -2.43. The van der Waals surface area contributed by atoms with Crippen molar-refractivity contribution in [2.75, 3.05) is 37.7 Å². The van der Waals surface area contributed by atoms with E-state index in [4.69, 9.17) is 14.2 Å². The first-order valence-electron chi connectivity index (χ1n) is 14.4. The maximum absolute atomic E-state index is 13.2. The number of anilines is 1. The number of carboxylic acids is 1. The minimum atomic E-state index is -0.926. The van der Waals surface area contributed by atoms with Gasteiger partial charge in [-0.25, -0.2) is 9.59 Å². The van der Waals surface area contributed by atoms with Crippen LogP contribution in [0, 0.1) is 35.0 Å². The molecule has 1 aromatic rings. The largest absolute Gasteiger partial charge is 0.477 e. The molecule has 0 bridgehead atoms.